The molecule has 1 aromatic rings. The van der Waals surface area contributed by atoms with E-state index in [0.717, 1.165) is 18.6 Å². The van der Waals surface area contributed by atoms with Gasteiger partial charge in [-0.3, -0.25) is 4.79 Å². The van der Waals surface area contributed by atoms with Gasteiger partial charge in [0.05, 0.1) is 6.61 Å². The normalized spacial score (nSPS) is 9.39. The Labute approximate surface area is 114 Å². The Morgan fingerprint density at radius 2 is 1.94 bits per heavy atom. The van der Waals surface area contributed by atoms with Crippen molar-refractivity contribution in [2.45, 2.75) is 19.3 Å². The summed E-state index contributed by atoms with van der Waals surface area (Å²) in [4.78, 5) is 11.2. The van der Waals surface area contributed by atoms with Crippen LogP contribution in [0.3, 0.4) is 0 Å². The smallest absolute Gasteiger partial charge is 0.220 e. The van der Waals surface area contributed by atoms with Crippen LogP contribution in [0.2, 0.25) is 0 Å². The lowest BCUT2D eigenvalue weighted by molar-refractivity contribution is -0.121. The zero-order chi connectivity index (χ0) is 12.3. The third-order valence-corrected chi connectivity index (χ3v) is 2.26. The van der Waals surface area contributed by atoms with Gasteiger partial charge in [0.15, 0.2) is 0 Å². The highest BCUT2D eigenvalue weighted by atomic mass is 35.5. The van der Waals surface area contributed by atoms with Crippen molar-refractivity contribution in [2.75, 3.05) is 19.7 Å². The average molecular weight is 273 g/mol. The molecule has 0 aromatic heterocycles. The summed E-state index contributed by atoms with van der Waals surface area (Å²) in [5.41, 5.74) is 5.32. The predicted molar refractivity (Wildman–Crippen MR) is 75.1 cm³/mol. The van der Waals surface area contributed by atoms with Crippen LogP contribution in [0.1, 0.15) is 19.3 Å². The van der Waals surface area contributed by atoms with Crippen LogP contribution in [0.15, 0.2) is 30.3 Å². The fourth-order valence-corrected chi connectivity index (χ4v) is 1.36. The fourth-order valence-electron chi connectivity index (χ4n) is 1.36. The van der Waals surface area contributed by atoms with Gasteiger partial charge in [0.2, 0.25) is 5.91 Å². The number of carbonyl (C=O) groups is 1. The van der Waals surface area contributed by atoms with Gasteiger partial charge in [-0.1, -0.05) is 18.2 Å². The van der Waals surface area contributed by atoms with E-state index in [0.29, 0.717) is 26.1 Å². The van der Waals surface area contributed by atoms with Gasteiger partial charge >= 0.3 is 0 Å². The number of halogens is 1. The SMILES string of the molecule is Cl.NCCCC(=O)NCCCOc1ccccc1. The summed E-state index contributed by atoms with van der Waals surface area (Å²) >= 11 is 0. The number of nitrogens with one attached hydrogen (secondary N) is 1. The highest BCUT2D eigenvalue weighted by Crippen LogP contribution is 2.07. The monoisotopic (exact) mass is 272 g/mol. The molecule has 0 fully saturated rings. The number of ether oxygens (including phenoxy) is 1. The second kappa shape index (κ2) is 10.9. The number of hydrogen-bond acceptors (Lipinski definition) is 3. The van der Waals surface area contributed by atoms with Crippen LogP contribution in [-0.4, -0.2) is 25.6 Å². The quantitative estimate of drug-likeness (QED) is 0.709. The molecule has 3 N–H and O–H groups in total. The maximum Gasteiger partial charge on any atom is 0.220 e. The molecule has 0 heterocycles. The van der Waals surface area contributed by atoms with Crippen LogP contribution in [0.25, 0.3) is 0 Å². The lowest BCUT2D eigenvalue weighted by Gasteiger charge is -2.07. The van der Waals surface area contributed by atoms with Crippen LogP contribution in [0.5, 0.6) is 5.75 Å². The average Bonchev–Trinajstić information content (AvgIpc) is 2.37. The molecule has 1 aromatic carbocycles. The number of amides is 1. The zero-order valence-corrected chi connectivity index (χ0v) is 11.2. The van der Waals surface area contributed by atoms with Gasteiger partial charge < -0.3 is 15.8 Å². The van der Waals surface area contributed by atoms with Crippen molar-refractivity contribution >= 4 is 18.3 Å². The Bertz CT molecular complexity index is 320. The van der Waals surface area contributed by atoms with E-state index in [1.165, 1.54) is 0 Å². The van der Waals surface area contributed by atoms with Crippen molar-refractivity contribution in [3.8, 4) is 5.75 Å². The van der Waals surface area contributed by atoms with Crippen molar-refractivity contribution < 1.29 is 9.53 Å². The summed E-state index contributed by atoms with van der Waals surface area (Å²) in [7, 11) is 0. The molecule has 0 saturated carbocycles. The highest BCUT2D eigenvalue weighted by Gasteiger charge is 1.99. The van der Waals surface area contributed by atoms with E-state index in [4.69, 9.17) is 10.5 Å². The fraction of sp³-hybridized carbons (Fsp3) is 0.462. The molecule has 1 rings (SSSR count). The van der Waals surface area contributed by atoms with E-state index in [-0.39, 0.29) is 18.3 Å². The predicted octanol–water partition coefficient (Wildman–Crippen LogP) is 1.73. The molecular weight excluding hydrogens is 252 g/mol. The minimum absolute atomic E-state index is 0. The molecule has 0 bridgehead atoms. The molecule has 0 radical (unpaired) electrons. The van der Waals surface area contributed by atoms with Crippen LogP contribution in [0.4, 0.5) is 0 Å². The minimum Gasteiger partial charge on any atom is -0.494 e. The van der Waals surface area contributed by atoms with Gasteiger partial charge in [0.25, 0.3) is 0 Å². The Morgan fingerprint density at radius 1 is 1.22 bits per heavy atom. The van der Waals surface area contributed by atoms with Crippen LogP contribution >= 0.6 is 12.4 Å². The summed E-state index contributed by atoms with van der Waals surface area (Å²) in [5, 5.41) is 2.83. The molecule has 102 valence electrons. The second-order valence-electron chi connectivity index (χ2n) is 3.76. The third-order valence-electron chi connectivity index (χ3n) is 2.26. The summed E-state index contributed by atoms with van der Waals surface area (Å²) in [5.74, 6) is 0.928. The lowest BCUT2D eigenvalue weighted by atomic mass is 10.3. The Balaban J connectivity index is 0.00000289. The Hall–Kier alpha value is -1.26. The van der Waals surface area contributed by atoms with Crippen LogP contribution in [0, 0.1) is 0 Å². The molecule has 4 nitrogen and oxygen atoms in total. The number of benzene rings is 1. The number of carbonyl (C=O) groups excluding carboxylic acids is 1. The molecule has 0 aliphatic carbocycles. The second-order valence-corrected chi connectivity index (χ2v) is 3.76. The number of para-hydroxylation sites is 1. The number of hydrogen-bond donors (Lipinski definition) is 2. The molecule has 0 aliphatic heterocycles. The van der Waals surface area contributed by atoms with E-state index in [9.17, 15) is 4.79 Å². The van der Waals surface area contributed by atoms with Gasteiger partial charge in [-0.25, -0.2) is 0 Å². The van der Waals surface area contributed by atoms with Crippen molar-refractivity contribution in [1.82, 2.24) is 5.32 Å². The van der Waals surface area contributed by atoms with Gasteiger partial charge in [-0.05, 0) is 31.5 Å². The molecule has 5 heteroatoms. The molecule has 0 unspecified atom stereocenters. The van der Waals surface area contributed by atoms with Crippen molar-refractivity contribution in [3.63, 3.8) is 0 Å². The Morgan fingerprint density at radius 3 is 2.61 bits per heavy atom. The summed E-state index contributed by atoms with van der Waals surface area (Å²) in [6.45, 7) is 1.82. The van der Waals surface area contributed by atoms with Gasteiger partial charge in [0.1, 0.15) is 5.75 Å². The summed E-state index contributed by atoms with van der Waals surface area (Å²) in [6, 6.07) is 9.65. The first kappa shape index (κ1) is 16.7. The minimum atomic E-state index is 0. The largest absolute Gasteiger partial charge is 0.494 e. The number of nitrogens with two attached hydrogens (primary N) is 1. The summed E-state index contributed by atoms with van der Waals surface area (Å²) in [6.07, 6.45) is 2.06. The summed E-state index contributed by atoms with van der Waals surface area (Å²) < 4.78 is 5.50. The molecule has 1 amide bonds. The Kier molecular flexibility index (Phi) is 10.1. The standard InChI is InChI=1S/C13H20N2O2.ClH/c14-9-4-8-13(16)15-10-5-11-17-12-6-2-1-3-7-12;/h1-3,6-7H,4-5,8-11,14H2,(H,15,16);1H. The maximum absolute atomic E-state index is 11.2. The molecule has 0 aliphatic rings. The van der Waals surface area contributed by atoms with Crippen molar-refractivity contribution in [3.05, 3.63) is 30.3 Å². The van der Waals surface area contributed by atoms with E-state index in [1.807, 2.05) is 30.3 Å². The van der Waals surface area contributed by atoms with E-state index in [1.54, 1.807) is 0 Å². The first-order valence-electron chi connectivity index (χ1n) is 5.97. The molecule has 18 heavy (non-hydrogen) atoms. The van der Waals surface area contributed by atoms with E-state index >= 15 is 0 Å². The van der Waals surface area contributed by atoms with E-state index < -0.39 is 0 Å². The zero-order valence-electron chi connectivity index (χ0n) is 10.4. The highest BCUT2D eigenvalue weighted by molar-refractivity contribution is 5.85. The first-order chi connectivity index (χ1) is 8.33. The van der Waals surface area contributed by atoms with Crippen molar-refractivity contribution in [2.24, 2.45) is 5.73 Å². The maximum atomic E-state index is 11.2. The van der Waals surface area contributed by atoms with Crippen LogP contribution in [-0.2, 0) is 4.79 Å². The van der Waals surface area contributed by atoms with Crippen molar-refractivity contribution in [1.29, 1.82) is 0 Å². The molecule has 0 spiro atoms. The lowest BCUT2D eigenvalue weighted by Crippen LogP contribution is -2.25. The number of rotatable bonds is 8. The molecular formula is C13H21ClN2O2. The topological polar surface area (TPSA) is 64.4 Å². The molecule has 0 saturated heterocycles. The first-order valence-corrected chi connectivity index (χ1v) is 5.97. The van der Waals surface area contributed by atoms with Gasteiger partial charge in [-0.15, -0.1) is 12.4 Å². The van der Waals surface area contributed by atoms with Gasteiger partial charge in [0, 0.05) is 13.0 Å². The van der Waals surface area contributed by atoms with E-state index in [2.05, 4.69) is 5.32 Å². The molecule has 0 atom stereocenters. The third kappa shape index (κ3) is 7.92. The van der Waals surface area contributed by atoms with Gasteiger partial charge in [-0.2, -0.15) is 0 Å². The van der Waals surface area contributed by atoms with Crippen LogP contribution < -0.4 is 15.8 Å².